The molecule has 0 aromatic heterocycles. The molecule has 5 nitrogen and oxygen atoms in total. The van der Waals surface area contributed by atoms with Crippen molar-refractivity contribution in [1.82, 2.24) is 0 Å². The third kappa shape index (κ3) is 6.75. The average molecular weight is 314 g/mol. The number of carboxylic acids is 1. The zero-order chi connectivity index (χ0) is 17.5. The van der Waals surface area contributed by atoms with Gasteiger partial charge in [0.25, 0.3) is 0 Å². The molecule has 6 heteroatoms. The highest BCUT2D eigenvalue weighted by molar-refractivity contribution is 6.76. The Morgan fingerprint density at radius 1 is 1.33 bits per heavy atom. The van der Waals surface area contributed by atoms with Crippen molar-refractivity contribution in [3.05, 3.63) is 29.8 Å². The third-order valence-electron chi connectivity index (χ3n) is 2.86. The molecule has 0 aliphatic rings. The van der Waals surface area contributed by atoms with Crippen LogP contribution in [0, 0.1) is 0 Å². The number of methoxy groups -OCH3 is 1. The van der Waals surface area contributed by atoms with Crippen molar-refractivity contribution in [1.29, 1.82) is 0 Å². The summed E-state index contributed by atoms with van der Waals surface area (Å²) in [5.41, 5.74) is 0.449. The summed E-state index contributed by atoms with van der Waals surface area (Å²) in [4.78, 5) is 11.3. The summed E-state index contributed by atoms with van der Waals surface area (Å²) in [6.07, 6.45) is -1.13. The second-order valence-corrected chi connectivity index (χ2v) is 11.5. The van der Waals surface area contributed by atoms with E-state index < -0.39 is 27.2 Å². The molecule has 0 bridgehead atoms. The van der Waals surface area contributed by atoms with Gasteiger partial charge in [-0.1, -0.05) is 31.8 Å². The largest absolute Gasteiger partial charge is 0.497 e. The molecule has 0 aliphatic carbocycles. The standard InChI is InChI=1S/C15H24O5Si/c1-18-13-7-5-12(6-8-13)14(15(16)17)20-11-19-9-10-21(2,3)4/h5-8,14H,9-11H2,1-4H3,(H,16,17)/t14-/m1/s1/i1D2. The molecule has 0 heterocycles. The van der Waals surface area contributed by atoms with Gasteiger partial charge >= 0.3 is 5.97 Å². The summed E-state index contributed by atoms with van der Waals surface area (Å²) in [6.45, 7) is 7.18. The molecule has 0 saturated carbocycles. The lowest BCUT2D eigenvalue weighted by molar-refractivity contribution is -0.161. The molecule has 118 valence electrons. The fraction of sp³-hybridized carbons (Fsp3) is 0.533. The highest BCUT2D eigenvalue weighted by Crippen LogP contribution is 2.21. The molecule has 1 N–H and O–H groups in total. The van der Waals surface area contributed by atoms with E-state index in [0.29, 0.717) is 17.9 Å². The van der Waals surface area contributed by atoms with Gasteiger partial charge in [-0.25, -0.2) is 4.79 Å². The number of hydrogen-bond donors (Lipinski definition) is 1. The first kappa shape index (κ1) is 14.6. The summed E-state index contributed by atoms with van der Waals surface area (Å²) in [5, 5.41) is 9.26. The lowest BCUT2D eigenvalue weighted by Crippen LogP contribution is -2.23. The number of benzene rings is 1. The van der Waals surface area contributed by atoms with E-state index in [0.717, 1.165) is 6.04 Å². The number of ether oxygens (including phenoxy) is 3. The van der Waals surface area contributed by atoms with Crippen molar-refractivity contribution < 1.29 is 26.9 Å². The zero-order valence-electron chi connectivity index (χ0n) is 14.7. The van der Waals surface area contributed by atoms with Crippen LogP contribution < -0.4 is 4.74 Å². The molecule has 0 unspecified atom stereocenters. The first-order valence-corrected chi connectivity index (χ1v) is 10.4. The van der Waals surface area contributed by atoms with Crippen molar-refractivity contribution in [2.24, 2.45) is 0 Å². The molecule has 1 aromatic carbocycles. The molecule has 1 rings (SSSR count). The van der Waals surface area contributed by atoms with Crippen LogP contribution in [0.4, 0.5) is 0 Å². The molecule has 0 radical (unpaired) electrons. The van der Waals surface area contributed by atoms with E-state index in [9.17, 15) is 9.90 Å². The minimum absolute atomic E-state index is 0.0821. The fourth-order valence-electron chi connectivity index (χ4n) is 1.58. The molecular weight excluding hydrogens is 288 g/mol. The topological polar surface area (TPSA) is 65.0 Å². The maximum atomic E-state index is 11.3. The third-order valence-corrected chi connectivity index (χ3v) is 4.56. The van der Waals surface area contributed by atoms with Gasteiger partial charge in [-0.3, -0.25) is 0 Å². The Bertz CT molecular complexity index is 488. The molecule has 1 aromatic rings. The van der Waals surface area contributed by atoms with Crippen molar-refractivity contribution in [3.8, 4) is 5.75 Å². The Morgan fingerprint density at radius 3 is 2.52 bits per heavy atom. The van der Waals surface area contributed by atoms with Gasteiger partial charge in [0.15, 0.2) is 6.10 Å². The van der Waals surface area contributed by atoms with E-state index in [4.69, 9.17) is 17.0 Å². The maximum Gasteiger partial charge on any atom is 0.337 e. The van der Waals surface area contributed by atoms with Crippen LogP contribution in [0.1, 0.15) is 14.4 Å². The summed E-state index contributed by atoms with van der Waals surface area (Å²) >= 11 is 0. The van der Waals surface area contributed by atoms with Gasteiger partial charge in [0.2, 0.25) is 0 Å². The Morgan fingerprint density at radius 2 is 2.00 bits per heavy atom. The van der Waals surface area contributed by atoms with E-state index in [1.165, 1.54) is 12.1 Å². The molecule has 0 spiro atoms. The Balaban J connectivity index is 2.53. The number of hydrogen-bond acceptors (Lipinski definition) is 4. The predicted molar refractivity (Wildman–Crippen MR) is 83.4 cm³/mol. The number of carboxylic acid groups (broad SMARTS) is 1. The van der Waals surface area contributed by atoms with Crippen LogP contribution >= 0.6 is 0 Å². The molecule has 1 atom stereocenters. The van der Waals surface area contributed by atoms with E-state index >= 15 is 0 Å². The number of rotatable bonds is 9. The second kappa shape index (κ2) is 8.16. The minimum Gasteiger partial charge on any atom is -0.497 e. The lowest BCUT2D eigenvalue weighted by Gasteiger charge is -2.17. The summed E-state index contributed by atoms with van der Waals surface area (Å²) in [6, 6.07) is 7.09. The van der Waals surface area contributed by atoms with Gasteiger partial charge in [0, 0.05) is 14.7 Å². The first-order valence-electron chi connectivity index (χ1n) is 7.88. The van der Waals surface area contributed by atoms with Crippen molar-refractivity contribution >= 4 is 14.0 Å². The second-order valence-electron chi connectivity index (χ2n) is 5.91. The number of aliphatic carboxylic acids is 1. The van der Waals surface area contributed by atoms with Crippen molar-refractivity contribution in [2.45, 2.75) is 31.8 Å². The van der Waals surface area contributed by atoms with E-state index in [1.54, 1.807) is 12.1 Å². The fourth-order valence-corrected chi connectivity index (χ4v) is 2.34. The van der Waals surface area contributed by atoms with Crippen LogP contribution in [0.2, 0.25) is 25.7 Å². The van der Waals surface area contributed by atoms with Gasteiger partial charge in [-0.2, -0.15) is 0 Å². The molecule has 0 saturated heterocycles. The minimum atomic E-state index is -1.42. The van der Waals surface area contributed by atoms with Crippen LogP contribution in [-0.4, -0.2) is 39.6 Å². The number of carbonyl (C=O) groups is 1. The van der Waals surface area contributed by atoms with Gasteiger partial charge in [0.05, 0.1) is 9.80 Å². The summed E-state index contributed by atoms with van der Waals surface area (Å²) < 4.78 is 29.6. The van der Waals surface area contributed by atoms with Crippen molar-refractivity contribution in [2.75, 3.05) is 20.5 Å². The van der Waals surface area contributed by atoms with Crippen LogP contribution in [0.5, 0.6) is 5.75 Å². The predicted octanol–water partition coefficient (Wildman–Crippen LogP) is 3.15. The highest BCUT2D eigenvalue weighted by atomic mass is 28.3. The van der Waals surface area contributed by atoms with Gasteiger partial charge in [-0.15, -0.1) is 0 Å². The Hall–Kier alpha value is -1.37. The Kier molecular flexibility index (Phi) is 5.66. The maximum absolute atomic E-state index is 11.3. The summed E-state index contributed by atoms with van der Waals surface area (Å²) in [7, 11) is -2.61. The summed E-state index contributed by atoms with van der Waals surface area (Å²) in [5.74, 6) is -0.773. The van der Waals surface area contributed by atoms with Gasteiger partial charge < -0.3 is 19.3 Å². The molecule has 21 heavy (non-hydrogen) atoms. The van der Waals surface area contributed by atoms with Crippen LogP contribution in [-0.2, 0) is 14.3 Å². The highest BCUT2D eigenvalue weighted by Gasteiger charge is 2.21. The Labute approximate surface area is 129 Å². The van der Waals surface area contributed by atoms with Gasteiger partial charge in [-0.05, 0) is 23.7 Å². The van der Waals surface area contributed by atoms with E-state index in [2.05, 4.69) is 19.6 Å². The van der Waals surface area contributed by atoms with Crippen LogP contribution in [0.15, 0.2) is 24.3 Å². The monoisotopic (exact) mass is 314 g/mol. The van der Waals surface area contributed by atoms with Crippen molar-refractivity contribution in [3.63, 3.8) is 0 Å². The normalized spacial score (nSPS) is 14.5. The lowest BCUT2D eigenvalue weighted by atomic mass is 10.1. The van der Waals surface area contributed by atoms with Crippen LogP contribution in [0.25, 0.3) is 0 Å². The molecule has 0 fully saturated rings. The quantitative estimate of drug-likeness (QED) is 0.431. The smallest absolute Gasteiger partial charge is 0.337 e. The van der Waals surface area contributed by atoms with Crippen LogP contribution in [0.3, 0.4) is 0 Å². The van der Waals surface area contributed by atoms with Gasteiger partial charge in [0.1, 0.15) is 12.5 Å². The van der Waals surface area contributed by atoms with E-state index in [-0.39, 0.29) is 6.79 Å². The molecule has 0 aliphatic heterocycles. The SMILES string of the molecule is [2H]C([2H])Oc1ccc([C@@H](OCOCC[Si](C)(C)C)C(=O)O)cc1. The average Bonchev–Trinajstić information content (AvgIpc) is 2.42. The first-order chi connectivity index (χ1) is 10.7. The van der Waals surface area contributed by atoms with E-state index in [1.807, 2.05) is 0 Å². The zero-order valence-corrected chi connectivity index (χ0v) is 13.7. The molecule has 0 amide bonds. The molecular formula is C15H24O5Si.